The van der Waals surface area contributed by atoms with Crippen LogP contribution in [0.3, 0.4) is 0 Å². The molecule has 40 heavy (non-hydrogen) atoms. The van der Waals surface area contributed by atoms with Crippen molar-refractivity contribution < 1.29 is 19.5 Å². The largest absolute Gasteiger partial charge is 0.505 e. The molecular formula is C32H18N2O4S2. The van der Waals surface area contributed by atoms with E-state index in [1.807, 2.05) is 72.8 Å². The summed E-state index contributed by atoms with van der Waals surface area (Å²) in [6.45, 7) is 0. The molecule has 0 amide bonds. The number of aromatic hydroxyl groups is 1. The van der Waals surface area contributed by atoms with Crippen molar-refractivity contribution in [1.82, 2.24) is 4.98 Å². The molecule has 4 heterocycles. The first kappa shape index (κ1) is 24.4. The summed E-state index contributed by atoms with van der Waals surface area (Å²) in [6.07, 6.45) is 0. The maximum Gasteiger partial charge on any atom is 0.215 e. The highest BCUT2D eigenvalue weighted by Gasteiger charge is 2.35. The Balaban J connectivity index is 0.000000132. The molecule has 0 spiro atoms. The third-order valence-electron chi connectivity index (χ3n) is 6.82. The number of rotatable bonds is 1. The molecule has 0 bridgehead atoms. The number of allylic oxidation sites excluding steroid dienone is 2. The zero-order chi connectivity index (χ0) is 27.4. The van der Waals surface area contributed by atoms with E-state index in [2.05, 4.69) is 9.98 Å². The van der Waals surface area contributed by atoms with Gasteiger partial charge in [0.2, 0.25) is 17.3 Å². The van der Waals surface area contributed by atoms with E-state index >= 15 is 0 Å². The highest BCUT2D eigenvalue weighted by Crippen LogP contribution is 2.49. The molecule has 3 aliphatic heterocycles. The number of hydrogen-bond donors (Lipinski definition) is 2. The van der Waals surface area contributed by atoms with Gasteiger partial charge in [-0.25, -0.2) is 4.99 Å². The van der Waals surface area contributed by atoms with E-state index in [4.69, 9.17) is 0 Å². The van der Waals surface area contributed by atoms with E-state index in [1.54, 1.807) is 24.3 Å². The van der Waals surface area contributed by atoms with Crippen molar-refractivity contribution in [2.45, 2.75) is 9.79 Å². The lowest BCUT2D eigenvalue weighted by Crippen LogP contribution is -2.11. The summed E-state index contributed by atoms with van der Waals surface area (Å²) in [5.41, 5.74) is 4.04. The van der Waals surface area contributed by atoms with E-state index < -0.39 is 0 Å². The second kappa shape index (κ2) is 9.51. The van der Waals surface area contributed by atoms with E-state index in [9.17, 15) is 19.5 Å². The highest BCUT2D eigenvalue weighted by atomic mass is 32.2. The lowest BCUT2D eigenvalue weighted by molar-refractivity contribution is 0.101. The van der Waals surface area contributed by atoms with Gasteiger partial charge >= 0.3 is 0 Å². The van der Waals surface area contributed by atoms with E-state index in [1.165, 1.54) is 23.5 Å². The number of Topliss-reactive ketones (excluding diaryl/α,β-unsaturated/α-hetero) is 3. The van der Waals surface area contributed by atoms with Crippen LogP contribution in [0, 0.1) is 0 Å². The Bertz CT molecular complexity index is 1920. The molecule has 0 atom stereocenters. The minimum Gasteiger partial charge on any atom is -0.505 e. The van der Waals surface area contributed by atoms with E-state index in [-0.39, 0.29) is 28.8 Å². The van der Waals surface area contributed by atoms with Gasteiger partial charge in [0.05, 0.1) is 15.5 Å². The Labute approximate surface area is 236 Å². The number of carbonyl (C=O) groups excluding carboxylic acids is 3. The van der Waals surface area contributed by atoms with Crippen LogP contribution in [0.2, 0.25) is 0 Å². The third kappa shape index (κ3) is 3.84. The molecule has 4 aromatic carbocycles. The summed E-state index contributed by atoms with van der Waals surface area (Å²) in [5.74, 6) is -0.161. The molecule has 2 N–H and O–H groups in total. The quantitative estimate of drug-likeness (QED) is 0.209. The Kier molecular flexibility index (Phi) is 5.80. The Morgan fingerprint density at radius 2 is 1.12 bits per heavy atom. The molecule has 0 unspecified atom stereocenters. The van der Waals surface area contributed by atoms with Crippen molar-refractivity contribution in [2.75, 3.05) is 0 Å². The van der Waals surface area contributed by atoms with Crippen molar-refractivity contribution in [1.29, 1.82) is 0 Å². The van der Waals surface area contributed by atoms with Gasteiger partial charge in [-0.05, 0) is 48.5 Å². The van der Waals surface area contributed by atoms with Crippen LogP contribution in [0.4, 0.5) is 5.69 Å². The monoisotopic (exact) mass is 558 g/mol. The van der Waals surface area contributed by atoms with Gasteiger partial charge in [0.1, 0.15) is 11.4 Å². The second-order valence-electron chi connectivity index (χ2n) is 9.21. The van der Waals surface area contributed by atoms with Crippen molar-refractivity contribution in [3.05, 3.63) is 129 Å². The number of hydrogen-bond acceptors (Lipinski definition) is 7. The number of nitrogens with one attached hydrogen (secondary N) is 1. The van der Waals surface area contributed by atoms with Gasteiger partial charge in [-0.15, -0.1) is 0 Å². The lowest BCUT2D eigenvalue weighted by atomic mass is 10.1. The van der Waals surface area contributed by atoms with Crippen molar-refractivity contribution >= 4 is 63.2 Å². The van der Waals surface area contributed by atoms with Crippen molar-refractivity contribution in [3.63, 3.8) is 0 Å². The number of thioether (sulfide) groups is 2. The summed E-state index contributed by atoms with van der Waals surface area (Å²) in [7, 11) is 0. The van der Waals surface area contributed by atoms with Gasteiger partial charge in [-0.1, -0.05) is 72.1 Å². The number of H-pyrrole nitrogens is 1. The molecule has 0 saturated heterocycles. The SMILES string of the molecule is O=C1/C(=C2\Sc3ccccc3C2=O)Sc2ccccc21.O=C1C(c2[nH]c3ccccc3c2O)=Nc2ccccc21. The van der Waals surface area contributed by atoms with Crippen LogP contribution in [0.5, 0.6) is 5.75 Å². The van der Waals surface area contributed by atoms with Crippen molar-refractivity contribution in [3.8, 4) is 5.75 Å². The maximum atomic E-state index is 12.4. The van der Waals surface area contributed by atoms with E-state index in [0.29, 0.717) is 43.3 Å². The molecule has 1 aromatic heterocycles. The predicted molar refractivity (Wildman–Crippen MR) is 157 cm³/mol. The number of aromatic nitrogens is 1. The number of fused-ring (bicyclic) bond motifs is 4. The molecule has 0 fully saturated rings. The number of aliphatic imine (C=N–C) groups is 1. The zero-order valence-electron chi connectivity index (χ0n) is 20.7. The van der Waals surface area contributed by atoms with Crippen LogP contribution in [-0.4, -0.2) is 33.2 Å². The van der Waals surface area contributed by atoms with Gasteiger partial charge in [-0.3, -0.25) is 14.4 Å². The van der Waals surface area contributed by atoms with Gasteiger partial charge in [0, 0.05) is 37.4 Å². The zero-order valence-corrected chi connectivity index (χ0v) is 22.3. The lowest BCUT2D eigenvalue weighted by Gasteiger charge is -1.98. The van der Waals surface area contributed by atoms with Crippen LogP contribution < -0.4 is 0 Å². The number of ketones is 3. The van der Waals surface area contributed by atoms with Crippen LogP contribution in [-0.2, 0) is 0 Å². The van der Waals surface area contributed by atoms with Gasteiger partial charge in [0.15, 0.2) is 5.75 Å². The highest BCUT2D eigenvalue weighted by molar-refractivity contribution is 8.08. The number of aromatic amines is 1. The van der Waals surface area contributed by atoms with Gasteiger partial charge in [-0.2, -0.15) is 0 Å². The maximum absolute atomic E-state index is 12.4. The first-order valence-electron chi connectivity index (χ1n) is 12.4. The molecule has 192 valence electrons. The second-order valence-corrected chi connectivity index (χ2v) is 11.3. The average Bonchev–Trinajstić information content (AvgIpc) is 3.71. The molecular weight excluding hydrogens is 540 g/mol. The number of para-hydroxylation sites is 2. The number of benzene rings is 4. The molecule has 6 nitrogen and oxygen atoms in total. The van der Waals surface area contributed by atoms with Gasteiger partial charge < -0.3 is 10.1 Å². The molecule has 0 saturated carbocycles. The molecule has 8 rings (SSSR count). The van der Waals surface area contributed by atoms with E-state index in [0.717, 1.165) is 15.3 Å². The number of carbonyl (C=O) groups is 3. The fourth-order valence-corrected chi connectivity index (χ4v) is 7.17. The molecule has 0 aliphatic carbocycles. The minimum atomic E-state index is -0.164. The predicted octanol–water partition coefficient (Wildman–Crippen LogP) is 7.37. The minimum absolute atomic E-state index is 0.0331. The number of nitrogens with zero attached hydrogens (tertiary/aromatic N) is 1. The summed E-state index contributed by atoms with van der Waals surface area (Å²) in [5, 5.41) is 11.0. The fourth-order valence-electron chi connectivity index (χ4n) is 4.87. The van der Waals surface area contributed by atoms with Gasteiger partial charge in [0.25, 0.3) is 0 Å². The molecule has 3 aliphatic rings. The molecule has 8 heteroatoms. The fraction of sp³-hybridized carbons (Fsp3) is 0. The summed E-state index contributed by atoms with van der Waals surface area (Å²) < 4.78 is 0. The van der Waals surface area contributed by atoms with Crippen LogP contribution in [0.25, 0.3) is 10.9 Å². The first-order chi connectivity index (χ1) is 19.5. The summed E-state index contributed by atoms with van der Waals surface area (Å²) in [4.78, 5) is 47.6. The topological polar surface area (TPSA) is 99.6 Å². The average molecular weight is 559 g/mol. The smallest absolute Gasteiger partial charge is 0.215 e. The Hall–Kier alpha value is -4.66. The Morgan fingerprint density at radius 1 is 0.600 bits per heavy atom. The van der Waals surface area contributed by atoms with Crippen LogP contribution in [0.1, 0.15) is 36.8 Å². The molecule has 0 radical (unpaired) electrons. The third-order valence-corrected chi connectivity index (χ3v) is 9.29. The summed E-state index contributed by atoms with van der Waals surface area (Å²) >= 11 is 2.81. The van der Waals surface area contributed by atoms with Crippen LogP contribution in [0.15, 0.2) is 122 Å². The van der Waals surface area contributed by atoms with Crippen LogP contribution >= 0.6 is 23.5 Å². The standard InChI is InChI=1S/C16H10N2O2.C16H8O2S2/c19-15-9-5-1-3-7-11(9)17-13(15)14-16(20)10-6-2-4-8-12(10)18-14;17-13-9-5-1-3-7-11(9)19-15(13)16-14(18)10-6-2-4-8-12(10)20-16/h1-8,17,19H;1-8H/b;16-15+. The summed E-state index contributed by atoms with van der Waals surface area (Å²) in [6, 6.07) is 29.5. The normalized spacial score (nSPS) is 16.9. The Morgan fingerprint density at radius 3 is 1.70 bits per heavy atom. The molecule has 5 aromatic rings. The first-order valence-corrected chi connectivity index (χ1v) is 14.0. The van der Waals surface area contributed by atoms with Crippen molar-refractivity contribution in [2.24, 2.45) is 4.99 Å².